The van der Waals surface area contributed by atoms with Crippen molar-refractivity contribution in [1.82, 2.24) is 9.96 Å². The van der Waals surface area contributed by atoms with Gasteiger partial charge in [0.1, 0.15) is 0 Å². The average Bonchev–Trinajstić information content (AvgIpc) is 1.96. The van der Waals surface area contributed by atoms with Crippen LogP contribution in [0.25, 0.3) is 0 Å². The van der Waals surface area contributed by atoms with Gasteiger partial charge in [0.05, 0.1) is 0 Å². The molecule has 0 aromatic heterocycles. The molecule has 5 heteroatoms. The number of hydrogen-bond acceptors (Lipinski definition) is 4. The second-order valence-electron chi connectivity index (χ2n) is 6.23. The summed E-state index contributed by atoms with van der Waals surface area (Å²) in [5, 5.41) is 0. The van der Waals surface area contributed by atoms with Crippen LogP contribution in [0.3, 0.4) is 0 Å². The van der Waals surface area contributed by atoms with E-state index in [9.17, 15) is 0 Å². The molecule has 2 N–H and O–H groups in total. The molecule has 17 heavy (non-hydrogen) atoms. The van der Waals surface area contributed by atoms with Gasteiger partial charge >= 0.3 is 8.88 Å². The highest BCUT2D eigenvalue weighted by atomic mass is 28.4. The van der Waals surface area contributed by atoms with Crippen molar-refractivity contribution in [3.05, 3.63) is 0 Å². The summed E-state index contributed by atoms with van der Waals surface area (Å²) in [6.45, 7) is 18.0. The minimum absolute atomic E-state index is 0.0468. The molecule has 0 fully saturated rings. The maximum absolute atomic E-state index is 5.92. The highest BCUT2D eigenvalue weighted by Crippen LogP contribution is 2.13. The number of hydrogen-bond donors (Lipinski definition) is 2. The van der Waals surface area contributed by atoms with Gasteiger partial charge in [-0.1, -0.05) is 0 Å². The fraction of sp³-hybridized carbons (Fsp3) is 1.00. The van der Waals surface area contributed by atoms with E-state index in [1.165, 1.54) is 0 Å². The lowest BCUT2D eigenvalue weighted by molar-refractivity contribution is 0.138. The van der Waals surface area contributed by atoms with Crippen molar-refractivity contribution >= 4 is 8.88 Å². The van der Waals surface area contributed by atoms with Gasteiger partial charge in [-0.2, -0.15) is 0 Å². The predicted molar refractivity (Wildman–Crippen MR) is 74.8 cm³/mol. The van der Waals surface area contributed by atoms with Gasteiger partial charge in [0.25, 0.3) is 0 Å². The average molecular weight is 262 g/mol. The Labute approximate surface area is 108 Å². The summed E-state index contributed by atoms with van der Waals surface area (Å²) in [5.74, 6) is 0. The standard InChI is InChI=1S/C12H30N2O2Si/c1-9-15-17(16-10-2,13-11(3,4)5)14-12(6,7)8/h13-14H,9-10H2,1-8H3. The third-order valence-electron chi connectivity index (χ3n) is 1.77. The first-order valence-electron chi connectivity index (χ1n) is 6.40. The molecule has 0 saturated carbocycles. The molecule has 0 unspecified atom stereocenters. The fourth-order valence-electron chi connectivity index (χ4n) is 1.61. The topological polar surface area (TPSA) is 42.5 Å². The van der Waals surface area contributed by atoms with Gasteiger partial charge in [0, 0.05) is 24.3 Å². The highest BCUT2D eigenvalue weighted by molar-refractivity contribution is 6.62. The van der Waals surface area contributed by atoms with Crippen LogP contribution in [0.15, 0.2) is 0 Å². The summed E-state index contributed by atoms with van der Waals surface area (Å²) in [6, 6.07) is 0. The molecule has 0 aromatic carbocycles. The molecule has 0 saturated heterocycles. The number of nitrogens with one attached hydrogen (secondary N) is 2. The zero-order chi connectivity index (χ0) is 13.7. The van der Waals surface area contributed by atoms with Crippen LogP contribution in [-0.2, 0) is 8.85 Å². The van der Waals surface area contributed by atoms with Gasteiger partial charge in [-0.3, -0.25) is 9.96 Å². The molecule has 0 bridgehead atoms. The maximum Gasteiger partial charge on any atom is 0.517 e. The zero-order valence-corrected chi connectivity index (χ0v) is 13.7. The lowest BCUT2D eigenvalue weighted by atomic mass is 10.1. The van der Waals surface area contributed by atoms with Crippen LogP contribution >= 0.6 is 0 Å². The van der Waals surface area contributed by atoms with Crippen molar-refractivity contribution in [3.63, 3.8) is 0 Å². The third-order valence-corrected chi connectivity index (χ3v) is 5.32. The normalized spacial score (nSPS) is 14.1. The Morgan fingerprint density at radius 3 is 1.24 bits per heavy atom. The molecule has 0 heterocycles. The van der Waals surface area contributed by atoms with E-state index in [0.717, 1.165) is 0 Å². The first-order chi connectivity index (χ1) is 7.54. The van der Waals surface area contributed by atoms with E-state index >= 15 is 0 Å². The minimum Gasteiger partial charge on any atom is -0.371 e. The molecule has 0 radical (unpaired) electrons. The summed E-state index contributed by atoms with van der Waals surface area (Å²) in [6.07, 6.45) is 0. The van der Waals surface area contributed by atoms with Crippen LogP contribution in [-0.4, -0.2) is 33.2 Å². The van der Waals surface area contributed by atoms with E-state index in [0.29, 0.717) is 13.2 Å². The first-order valence-corrected chi connectivity index (χ1v) is 8.22. The Hall–Kier alpha value is 0.0569. The summed E-state index contributed by atoms with van der Waals surface area (Å²) >= 11 is 0. The quantitative estimate of drug-likeness (QED) is 0.721. The van der Waals surface area contributed by atoms with Crippen LogP contribution < -0.4 is 9.96 Å². The second-order valence-corrected chi connectivity index (χ2v) is 8.54. The Morgan fingerprint density at radius 1 is 0.765 bits per heavy atom. The Balaban J connectivity index is 4.97. The molecular formula is C12H30N2O2Si. The van der Waals surface area contributed by atoms with Crippen molar-refractivity contribution in [1.29, 1.82) is 0 Å². The monoisotopic (exact) mass is 262 g/mol. The largest absolute Gasteiger partial charge is 0.517 e. The maximum atomic E-state index is 5.92. The third kappa shape index (κ3) is 7.89. The van der Waals surface area contributed by atoms with Gasteiger partial charge in [-0.25, -0.2) is 0 Å². The Morgan fingerprint density at radius 2 is 1.06 bits per heavy atom. The molecule has 0 aromatic rings. The fourth-order valence-corrected chi connectivity index (χ4v) is 4.83. The molecule has 0 aliphatic heterocycles. The van der Waals surface area contributed by atoms with Crippen molar-refractivity contribution < 1.29 is 8.85 Å². The summed E-state index contributed by atoms with van der Waals surface area (Å²) in [4.78, 5) is 7.02. The lowest BCUT2D eigenvalue weighted by Gasteiger charge is -2.40. The molecule has 0 amide bonds. The van der Waals surface area contributed by atoms with Crippen molar-refractivity contribution in [3.8, 4) is 0 Å². The van der Waals surface area contributed by atoms with E-state index in [1.807, 2.05) is 13.8 Å². The zero-order valence-electron chi connectivity index (χ0n) is 12.7. The van der Waals surface area contributed by atoms with Gasteiger partial charge < -0.3 is 8.85 Å². The second kappa shape index (κ2) is 6.29. The van der Waals surface area contributed by atoms with Gasteiger partial charge in [-0.05, 0) is 55.4 Å². The van der Waals surface area contributed by atoms with Crippen LogP contribution in [0.4, 0.5) is 0 Å². The Kier molecular flexibility index (Phi) is 6.31. The summed E-state index contributed by atoms with van der Waals surface area (Å²) in [5.41, 5.74) is -0.0936. The molecule has 0 rings (SSSR count). The Bertz CT molecular complexity index is 198. The van der Waals surface area contributed by atoms with E-state index in [4.69, 9.17) is 8.85 Å². The summed E-state index contributed by atoms with van der Waals surface area (Å²) in [7, 11) is -2.57. The smallest absolute Gasteiger partial charge is 0.371 e. The van der Waals surface area contributed by atoms with E-state index in [2.05, 4.69) is 51.5 Å². The predicted octanol–water partition coefficient (Wildman–Crippen LogP) is 2.27. The summed E-state index contributed by atoms with van der Waals surface area (Å²) < 4.78 is 11.8. The molecule has 0 spiro atoms. The molecule has 0 aliphatic rings. The van der Waals surface area contributed by atoms with Gasteiger partial charge in [-0.15, -0.1) is 0 Å². The van der Waals surface area contributed by atoms with E-state index in [-0.39, 0.29) is 11.1 Å². The van der Waals surface area contributed by atoms with Crippen LogP contribution in [0.1, 0.15) is 55.4 Å². The van der Waals surface area contributed by atoms with Crippen LogP contribution in [0.5, 0.6) is 0 Å². The molecule has 104 valence electrons. The van der Waals surface area contributed by atoms with Crippen molar-refractivity contribution in [2.45, 2.75) is 66.5 Å². The number of rotatable bonds is 6. The van der Waals surface area contributed by atoms with Gasteiger partial charge in [0.2, 0.25) is 0 Å². The van der Waals surface area contributed by atoms with Crippen molar-refractivity contribution in [2.24, 2.45) is 0 Å². The van der Waals surface area contributed by atoms with Crippen LogP contribution in [0.2, 0.25) is 0 Å². The SMILES string of the molecule is CCO[Si](NC(C)(C)C)(NC(C)(C)C)OCC. The first kappa shape index (κ1) is 17.1. The van der Waals surface area contributed by atoms with E-state index in [1.54, 1.807) is 0 Å². The molecular weight excluding hydrogens is 232 g/mol. The molecule has 0 atom stereocenters. The van der Waals surface area contributed by atoms with E-state index < -0.39 is 8.88 Å². The molecule has 0 aliphatic carbocycles. The molecule has 4 nitrogen and oxygen atoms in total. The minimum atomic E-state index is -2.57. The highest BCUT2D eigenvalue weighted by Gasteiger charge is 2.45. The lowest BCUT2D eigenvalue weighted by Crippen LogP contribution is -2.74. The van der Waals surface area contributed by atoms with Crippen molar-refractivity contribution in [2.75, 3.05) is 13.2 Å². The van der Waals surface area contributed by atoms with Crippen LogP contribution in [0, 0.1) is 0 Å². The van der Waals surface area contributed by atoms with Gasteiger partial charge in [0.15, 0.2) is 0 Å².